The average Bonchev–Trinajstić information content (AvgIpc) is 2.52. The Morgan fingerprint density at radius 1 is 1.25 bits per heavy atom. The van der Waals surface area contributed by atoms with E-state index < -0.39 is 11.0 Å². The fourth-order valence-electron chi connectivity index (χ4n) is 3.09. The van der Waals surface area contributed by atoms with Gasteiger partial charge in [0.1, 0.15) is 5.60 Å². The molecule has 0 N–H and O–H groups in total. The van der Waals surface area contributed by atoms with Crippen LogP contribution in [-0.4, -0.2) is 55.5 Å². The molecule has 0 aromatic heterocycles. The molecular weight excluding hydrogens is 310 g/mol. The van der Waals surface area contributed by atoms with Crippen LogP contribution < -0.4 is 0 Å². The first-order valence-electron chi connectivity index (χ1n) is 8.92. The summed E-state index contributed by atoms with van der Waals surface area (Å²) in [6.45, 7) is 10.4. The van der Waals surface area contributed by atoms with E-state index in [4.69, 9.17) is 14.2 Å². The first-order valence-corrected chi connectivity index (χ1v) is 8.92. The Bertz CT molecular complexity index is 451. The molecule has 0 bridgehead atoms. The van der Waals surface area contributed by atoms with Crippen LogP contribution >= 0.6 is 0 Å². The molecule has 0 aromatic rings. The maximum absolute atomic E-state index is 12.4. The summed E-state index contributed by atoms with van der Waals surface area (Å²) in [5.41, 5.74) is -0.925. The van der Waals surface area contributed by atoms with Crippen molar-refractivity contribution in [3.63, 3.8) is 0 Å². The van der Waals surface area contributed by atoms with E-state index in [1.54, 1.807) is 4.90 Å². The first-order chi connectivity index (χ1) is 11.2. The van der Waals surface area contributed by atoms with Crippen molar-refractivity contribution in [3.8, 4) is 0 Å². The topological polar surface area (TPSA) is 65.1 Å². The summed E-state index contributed by atoms with van der Waals surface area (Å²) in [5.74, 6) is 0.0406. The highest BCUT2D eigenvalue weighted by Gasteiger charge is 2.37. The van der Waals surface area contributed by atoms with E-state index in [0.29, 0.717) is 45.8 Å². The third-order valence-electron chi connectivity index (χ3n) is 4.71. The van der Waals surface area contributed by atoms with Gasteiger partial charge in [0.2, 0.25) is 0 Å². The molecule has 1 atom stereocenters. The molecule has 0 aromatic carbocycles. The second-order valence-electron chi connectivity index (χ2n) is 8.21. The van der Waals surface area contributed by atoms with Gasteiger partial charge < -0.3 is 19.1 Å². The van der Waals surface area contributed by atoms with Gasteiger partial charge >= 0.3 is 12.1 Å². The van der Waals surface area contributed by atoms with Gasteiger partial charge in [0.25, 0.3) is 0 Å². The summed E-state index contributed by atoms with van der Waals surface area (Å²) in [4.78, 5) is 26.3. The molecule has 24 heavy (non-hydrogen) atoms. The van der Waals surface area contributed by atoms with Gasteiger partial charge in [-0.3, -0.25) is 4.79 Å². The molecule has 2 fully saturated rings. The second kappa shape index (κ2) is 7.72. The predicted octanol–water partition coefficient (Wildman–Crippen LogP) is 2.99. The minimum Gasteiger partial charge on any atom is -0.465 e. The second-order valence-corrected chi connectivity index (χ2v) is 8.21. The molecule has 1 amide bonds. The van der Waals surface area contributed by atoms with Crippen molar-refractivity contribution in [3.05, 3.63) is 0 Å². The highest BCUT2D eigenvalue weighted by Crippen LogP contribution is 2.31. The van der Waals surface area contributed by atoms with Crippen molar-refractivity contribution in [2.75, 3.05) is 32.9 Å². The fraction of sp³-hybridized carbons (Fsp3) is 0.889. The minimum atomic E-state index is -0.492. The summed E-state index contributed by atoms with van der Waals surface area (Å²) in [6, 6.07) is 0. The molecular formula is C18H31NO5. The van der Waals surface area contributed by atoms with Crippen LogP contribution in [-0.2, 0) is 19.0 Å². The Morgan fingerprint density at radius 2 is 1.92 bits per heavy atom. The van der Waals surface area contributed by atoms with Gasteiger partial charge in [0, 0.05) is 32.2 Å². The molecule has 2 saturated heterocycles. The van der Waals surface area contributed by atoms with Crippen molar-refractivity contribution in [2.24, 2.45) is 11.3 Å². The quantitative estimate of drug-likeness (QED) is 0.738. The molecule has 138 valence electrons. The van der Waals surface area contributed by atoms with E-state index in [9.17, 15) is 9.59 Å². The summed E-state index contributed by atoms with van der Waals surface area (Å²) in [5, 5.41) is 0. The number of piperidine rings is 1. The number of hydrogen-bond donors (Lipinski definition) is 0. The number of hydrogen-bond acceptors (Lipinski definition) is 5. The largest absolute Gasteiger partial charge is 0.465 e. The zero-order valence-electron chi connectivity index (χ0n) is 15.4. The van der Waals surface area contributed by atoms with E-state index in [1.165, 1.54) is 0 Å². The number of carbonyl (C=O) groups excluding carboxylic acids is 2. The zero-order valence-corrected chi connectivity index (χ0v) is 15.4. The monoisotopic (exact) mass is 341 g/mol. The number of amides is 1. The Balaban J connectivity index is 1.80. The average molecular weight is 341 g/mol. The summed E-state index contributed by atoms with van der Waals surface area (Å²) >= 11 is 0. The SMILES string of the molecule is CC(C)(C)OC(=O)N1CCCC(COC(=O)C2(C)CCOCC2)C1. The summed E-state index contributed by atoms with van der Waals surface area (Å²) < 4.78 is 16.3. The van der Waals surface area contributed by atoms with Crippen LogP contribution in [0.25, 0.3) is 0 Å². The zero-order chi connectivity index (χ0) is 17.8. The molecule has 0 radical (unpaired) electrons. The fourth-order valence-corrected chi connectivity index (χ4v) is 3.09. The predicted molar refractivity (Wildman–Crippen MR) is 89.7 cm³/mol. The maximum atomic E-state index is 12.4. The third kappa shape index (κ3) is 5.36. The molecule has 1 unspecified atom stereocenters. The molecule has 0 spiro atoms. The van der Waals surface area contributed by atoms with Gasteiger partial charge in [-0.2, -0.15) is 0 Å². The Morgan fingerprint density at radius 3 is 2.54 bits per heavy atom. The van der Waals surface area contributed by atoms with Gasteiger partial charge in [0.15, 0.2) is 0 Å². The number of esters is 1. The molecule has 6 nitrogen and oxygen atoms in total. The Labute approximate surface area is 144 Å². The van der Waals surface area contributed by atoms with Crippen LogP contribution in [0.3, 0.4) is 0 Å². The van der Waals surface area contributed by atoms with Crippen LogP contribution in [0.15, 0.2) is 0 Å². The van der Waals surface area contributed by atoms with Crippen LogP contribution in [0.5, 0.6) is 0 Å². The Hall–Kier alpha value is -1.30. The van der Waals surface area contributed by atoms with Crippen molar-refractivity contribution in [1.29, 1.82) is 0 Å². The van der Waals surface area contributed by atoms with E-state index in [0.717, 1.165) is 12.8 Å². The highest BCUT2D eigenvalue weighted by molar-refractivity contribution is 5.76. The molecule has 2 aliphatic rings. The smallest absolute Gasteiger partial charge is 0.410 e. The lowest BCUT2D eigenvalue weighted by Gasteiger charge is -2.35. The lowest BCUT2D eigenvalue weighted by molar-refractivity contribution is -0.162. The highest BCUT2D eigenvalue weighted by atomic mass is 16.6. The van der Waals surface area contributed by atoms with E-state index in [2.05, 4.69) is 0 Å². The molecule has 0 aliphatic carbocycles. The lowest BCUT2D eigenvalue weighted by atomic mass is 9.82. The molecule has 6 heteroatoms. The minimum absolute atomic E-state index is 0.139. The first kappa shape index (κ1) is 19.0. The number of ether oxygens (including phenoxy) is 3. The van der Waals surface area contributed by atoms with Gasteiger partial charge in [0.05, 0.1) is 12.0 Å². The van der Waals surface area contributed by atoms with Gasteiger partial charge in [-0.15, -0.1) is 0 Å². The van der Waals surface area contributed by atoms with Crippen LogP contribution in [0, 0.1) is 11.3 Å². The summed E-state index contributed by atoms with van der Waals surface area (Å²) in [6.07, 6.45) is 3.01. The van der Waals surface area contributed by atoms with Crippen LogP contribution in [0.1, 0.15) is 53.4 Å². The van der Waals surface area contributed by atoms with Gasteiger partial charge in [-0.1, -0.05) is 0 Å². The number of likely N-dealkylation sites (tertiary alicyclic amines) is 1. The molecule has 0 saturated carbocycles. The standard InChI is InChI=1S/C18H31NO5/c1-17(2,3)24-16(21)19-9-5-6-14(12-19)13-23-15(20)18(4)7-10-22-11-8-18/h14H,5-13H2,1-4H3. The number of rotatable bonds is 3. The maximum Gasteiger partial charge on any atom is 0.410 e. The van der Waals surface area contributed by atoms with Crippen LogP contribution in [0.4, 0.5) is 4.79 Å². The van der Waals surface area contributed by atoms with Gasteiger partial charge in [-0.25, -0.2) is 4.79 Å². The lowest BCUT2D eigenvalue weighted by Crippen LogP contribution is -2.44. The molecule has 2 aliphatic heterocycles. The Kier molecular flexibility index (Phi) is 6.12. The van der Waals surface area contributed by atoms with E-state index in [-0.39, 0.29) is 18.0 Å². The number of nitrogens with zero attached hydrogens (tertiary/aromatic N) is 1. The van der Waals surface area contributed by atoms with Crippen molar-refractivity contribution >= 4 is 12.1 Å². The summed E-state index contributed by atoms with van der Waals surface area (Å²) in [7, 11) is 0. The normalized spacial score (nSPS) is 24.3. The number of carbonyl (C=O) groups is 2. The molecule has 2 rings (SSSR count). The van der Waals surface area contributed by atoms with E-state index >= 15 is 0 Å². The van der Waals surface area contributed by atoms with Crippen LogP contribution in [0.2, 0.25) is 0 Å². The van der Waals surface area contributed by atoms with Crippen molar-refractivity contribution in [1.82, 2.24) is 4.90 Å². The van der Waals surface area contributed by atoms with Crippen molar-refractivity contribution < 1.29 is 23.8 Å². The third-order valence-corrected chi connectivity index (χ3v) is 4.71. The van der Waals surface area contributed by atoms with E-state index in [1.807, 2.05) is 27.7 Å². The van der Waals surface area contributed by atoms with Crippen molar-refractivity contribution in [2.45, 2.75) is 59.0 Å². The molecule has 2 heterocycles. The van der Waals surface area contributed by atoms with Gasteiger partial charge in [-0.05, 0) is 53.4 Å².